The number of pyridine rings is 1. The SMILES string of the molecule is c1ccc(-c2cc(-c3ccc(-c4ccc5c(c4)C4(c6cc(-c7ccncc7)ccc6O5)c5ccccc5-c5ccccc54)cc3)nc(-c3ccccc3)n2)cc1. The first-order chi connectivity index (χ1) is 27.7. The highest BCUT2D eigenvalue weighted by Gasteiger charge is 2.51. The lowest BCUT2D eigenvalue weighted by Gasteiger charge is -2.40. The Balaban J connectivity index is 1.06. The molecule has 0 saturated carbocycles. The van der Waals surface area contributed by atoms with Crippen molar-refractivity contribution in [3.63, 3.8) is 0 Å². The van der Waals surface area contributed by atoms with E-state index in [1.807, 2.05) is 48.8 Å². The van der Waals surface area contributed by atoms with Crippen LogP contribution in [0.2, 0.25) is 0 Å². The lowest BCUT2D eigenvalue weighted by molar-refractivity contribution is 0.436. The van der Waals surface area contributed by atoms with E-state index >= 15 is 0 Å². The zero-order chi connectivity index (χ0) is 37.1. The van der Waals surface area contributed by atoms with Gasteiger partial charge in [0.05, 0.1) is 16.8 Å². The summed E-state index contributed by atoms with van der Waals surface area (Å²) in [6.07, 6.45) is 3.70. The third kappa shape index (κ3) is 5.04. The van der Waals surface area contributed by atoms with Gasteiger partial charge in [0.1, 0.15) is 11.5 Å². The first kappa shape index (κ1) is 32.0. The molecule has 0 fully saturated rings. The molecule has 4 heteroatoms. The van der Waals surface area contributed by atoms with Crippen molar-refractivity contribution in [2.45, 2.75) is 5.41 Å². The van der Waals surface area contributed by atoms with E-state index in [0.29, 0.717) is 5.82 Å². The van der Waals surface area contributed by atoms with Gasteiger partial charge in [-0.05, 0) is 87.0 Å². The number of ether oxygens (including phenoxy) is 1. The summed E-state index contributed by atoms with van der Waals surface area (Å²) in [5.41, 5.74) is 16.0. The van der Waals surface area contributed by atoms with Gasteiger partial charge in [0.25, 0.3) is 0 Å². The van der Waals surface area contributed by atoms with E-state index < -0.39 is 5.41 Å². The van der Waals surface area contributed by atoms with E-state index in [1.165, 1.54) is 22.3 Å². The Bertz CT molecular complexity index is 2820. The summed E-state index contributed by atoms with van der Waals surface area (Å²) < 4.78 is 6.82. The molecule has 0 unspecified atom stereocenters. The first-order valence-electron chi connectivity index (χ1n) is 18.9. The summed E-state index contributed by atoms with van der Waals surface area (Å²) in [6.45, 7) is 0. The number of fused-ring (bicyclic) bond motifs is 9. The first-order valence-corrected chi connectivity index (χ1v) is 18.9. The Hall–Kier alpha value is -7.43. The molecule has 9 aromatic rings. The molecule has 1 spiro atoms. The molecule has 2 aliphatic rings. The van der Waals surface area contributed by atoms with Gasteiger partial charge in [-0.25, -0.2) is 9.97 Å². The predicted molar refractivity (Wildman–Crippen MR) is 224 cm³/mol. The van der Waals surface area contributed by atoms with Crippen LogP contribution in [0.3, 0.4) is 0 Å². The second kappa shape index (κ2) is 12.9. The zero-order valence-electron chi connectivity index (χ0n) is 30.3. The number of benzene rings is 7. The van der Waals surface area contributed by atoms with E-state index in [4.69, 9.17) is 14.7 Å². The van der Waals surface area contributed by atoms with Crippen molar-refractivity contribution < 1.29 is 4.74 Å². The maximum Gasteiger partial charge on any atom is 0.160 e. The lowest BCUT2D eigenvalue weighted by atomic mass is 9.65. The molecule has 262 valence electrons. The van der Waals surface area contributed by atoms with Crippen molar-refractivity contribution in [1.29, 1.82) is 0 Å². The van der Waals surface area contributed by atoms with Gasteiger partial charge < -0.3 is 4.74 Å². The van der Waals surface area contributed by atoms with Crippen molar-refractivity contribution in [3.8, 4) is 78.8 Å². The Kier molecular flexibility index (Phi) is 7.36. The van der Waals surface area contributed by atoms with Crippen molar-refractivity contribution in [2.75, 3.05) is 0 Å². The number of hydrogen-bond donors (Lipinski definition) is 0. The summed E-state index contributed by atoms with van der Waals surface area (Å²) in [5, 5.41) is 0. The van der Waals surface area contributed by atoms with Crippen LogP contribution in [0.5, 0.6) is 11.5 Å². The summed E-state index contributed by atoms with van der Waals surface area (Å²) in [6, 6.07) is 66.4. The fourth-order valence-corrected chi connectivity index (χ4v) is 8.71. The smallest absolute Gasteiger partial charge is 0.160 e. The minimum absolute atomic E-state index is 0.586. The fraction of sp³-hybridized carbons (Fsp3) is 0.0192. The van der Waals surface area contributed by atoms with Gasteiger partial charge in [-0.15, -0.1) is 0 Å². The van der Waals surface area contributed by atoms with Crippen molar-refractivity contribution >= 4 is 0 Å². The topological polar surface area (TPSA) is 47.9 Å². The second-order valence-electron chi connectivity index (χ2n) is 14.4. The number of nitrogens with zero attached hydrogens (tertiary/aromatic N) is 3. The molecule has 0 bridgehead atoms. The molecule has 1 aliphatic carbocycles. The summed E-state index contributed by atoms with van der Waals surface area (Å²) >= 11 is 0. The molecule has 4 nitrogen and oxygen atoms in total. The Morgan fingerprint density at radius 1 is 0.339 bits per heavy atom. The molecule has 0 radical (unpaired) electrons. The maximum atomic E-state index is 6.82. The van der Waals surface area contributed by atoms with Gasteiger partial charge in [-0.1, -0.05) is 146 Å². The van der Waals surface area contributed by atoms with Gasteiger partial charge in [0.15, 0.2) is 5.82 Å². The van der Waals surface area contributed by atoms with Gasteiger partial charge in [0.2, 0.25) is 0 Å². The highest BCUT2D eigenvalue weighted by Crippen LogP contribution is 2.62. The van der Waals surface area contributed by atoms with E-state index in [-0.39, 0.29) is 0 Å². The molecule has 1 aliphatic heterocycles. The zero-order valence-corrected chi connectivity index (χ0v) is 30.3. The minimum Gasteiger partial charge on any atom is -0.457 e. The van der Waals surface area contributed by atoms with Crippen molar-refractivity contribution in [1.82, 2.24) is 15.0 Å². The van der Waals surface area contributed by atoms with Gasteiger partial charge >= 0.3 is 0 Å². The van der Waals surface area contributed by atoms with Crippen LogP contribution in [0.25, 0.3) is 67.3 Å². The molecular weight excluding hydrogens is 683 g/mol. The fourth-order valence-electron chi connectivity index (χ4n) is 8.71. The molecule has 3 heterocycles. The maximum absolute atomic E-state index is 6.82. The number of hydrogen-bond acceptors (Lipinski definition) is 4. The van der Waals surface area contributed by atoms with E-state index in [0.717, 1.165) is 73.0 Å². The highest BCUT2D eigenvalue weighted by atomic mass is 16.5. The van der Waals surface area contributed by atoms with Crippen molar-refractivity contribution in [3.05, 3.63) is 223 Å². The molecule has 2 aromatic heterocycles. The Labute approximate surface area is 325 Å². The second-order valence-corrected chi connectivity index (χ2v) is 14.4. The van der Waals surface area contributed by atoms with Crippen LogP contribution in [-0.4, -0.2) is 15.0 Å². The lowest BCUT2D eigenvalue weighted by Crippen LogP contribution is -2.32. The molecule has 0 amide bonds. The Morgan fingerprint density at radius 3 is 1.36 bits per heavy atom. The van der Waals surface area contributed by atoms with Crippen LogP contribution >= 0.6 is 0 Å². The molecule has 0 N–H and O–H groups in total. The average Bonchev–Trinajstić information content (AvgIpc) is 3.58. The highest BCUT2D eigenvalue weighted by molar-refractivity contribution is 5.90. The average molecular weight is 716 g/mol. The van der Waals surface area contributed by atoms with Gasteiger partial charge in [-0.2, -0.15) is 0 Å². The van der Waals surface area contributed by atoms with Gasteiger partial charge in [0, 0.05) is 40.2 Å². The van der Waals surface area contributed by atoms with E-state index in [9.17, 15) is 0 Å². The van der Waals surface area contributed by atoms with Crippen LogP contribution in [0, 0.1) is 0 Å². The van der Waals surface area contributed by atoms with Gasteiger partial charge in [-0.3, -0.25) is 4.98 Å². The third-order valence-electron chi connectivity index (χ3n) is 11.3. The standard InChI is InChI=1S/C52H33N3O/c1-3-11-36(12-4-1)47-33-48(55-51(54-47)38-13-5-2-6-14-38)37-21-19-34(20-22-37)39-23-25-49-45(31-39)52(43-17-9-7-15-41(43)42-16-8-10-18-44(42)52)46-32-40(24-26-50(46)56-49)35-27-29-53-30-28-35/h1-33H. The molecule has 56 heavy (non-hydrogen) atoms. The monoisotopic (exact) mass is 715 g/mol. The molecule has 7 aromatic carbocycles. The normalized spacial score (nSPS) is 12.9. The summed E-state index contributed by atoms with van der Waals surface area (Å²) in [4.78, 5) is 14.3. The summed E-state index contributed by atoms with van der Waals surface area (Å²) in [7, 11) is 0. The van der Waals surface area contributed by atoms with Crippen LogP contribution in [-0.2, 0) is 5.41 Å². The predicted octanol–water partition coefficient (Wildman–Crippen LogP) is 12.7. The van der Waals surface area contributed by atoms with Crippen LogP contribution < -0.4 is 4.74 Å². The molecule has 0 saturated heterocycles. The van der Waals surface area contributed by atoms with Crippen LogP contribution in [0.15, 0.2) is 200 Å². The Morgan fingerprint density at radius 2 is 0.786 bits per heavy atom. The largest absolute Gasteiger partial charge is 0.457 e. The van der Waals surface area contributed by atoms with E-state index in [2.05, 4.69) is 157 Å². The van der Waals surface area contributed by atoms with Crippen LogP contribution in [0.1, 0.15) is 22.3 Å². The van der Waals surface area contributed by atoms with Crippen LogP contribution in [0.4, 0.5) is 0 Å². The molecule has 11 rings (SSSR count). The molecular formula is C52H33N3O. The number of aromatic nitrogens is 3. The third-order valence-corrected chi connectivity index (χ3v) is 11.3. The molecule has 0 atom stereocenters. The minimum atomic E-state index is -0.586. The van der Waals surface area contributed by atoms with E-state index in [1.54, 1.807) is 0 Å². The van der Waals surface area contributed by atoms with Crippen molar-refractivity contribution in [2.24, 2.45) is 0 Å². The number of rotatable bonds is 5. The quantitative estimate of drug-likeness (QED) is 0.178. The summed E-state index contributed by atoms with van der Waals surface area (Å²) in [5.74, 6) is 2.44.